The van der Waals surface area contributed by atoms with Gasteiger partial charge in [0.2, 0.25) is 5.96 Å². The number of hydrogen-bond acceptors (Lipinski definition) is 4. The van der Waals surface area contributed by atoms with Crippen molar-refractivity contribution < 1.29 is 4.74 Å². The maximum absolute atomic E-state index is 8.84. The van der Waals surface area contributed by atoms with Crippen LogP contribution in [0.4, 0.5) is 5.69 Å². The Kier molecular flexibility index (Phi) is 11.0. The fourth-order valence-electron chi connectivity index (χ4n) is 3.38. The number of rotatable bonds is 11. The number of nitrogens with zero attached hydrogens (tertiary/aromatic N) is 3. The molecule has 1 saturated carbocycles. The maximum Gasteiger partial charge on any atom is 0.209 e. The van der Waals surface area contributed by atoms with Gasteiger partial charge in [0.15, 0.2) is 6.19 Å². The van der Waals surface area contributed by atoms with E-state index < -0.39 is 0 Å². The van der Waals surface area contributed by atoms with Crippen LogP contribution in [0, 0.1) is 17.4 Å². The summed E-state index contributed by atoms with van der Waals surface area (Å²) in [5.74, 6) is 1.30. The topological polar surface area (TPSA) is 82.3 Å². The Morgan fingerprint density at radius 1 is 1.11 bits per heavy atom. The van der Waals surface area contributed by atoms with Crippen molar-refractivity contribution in [3.8, 4) is 6.19 Å². The van der Waals surface area contributed by atoms with Crippen LogP contribution >= 0.6 is 0 Å². The molecule has 0 radical (unpaired) electrons. The van der Waals surface area contributed by atoms with E-state index in [4.69, 9.17) is 10.00 Å². The summed E-state index contributed by atoms with van der Waals surface area (Å²) < 4.78 is 5.84. The van der Waals surface area contributed by atoms with Crippen molar-refractivity contribution >= 4 is 11.6 Å². The Bertz CT molecular complexity index is 564. The molecule has 0 unspecified atom stereocenters. The molecular weight excluding hydrogens is 338 g/mol. The number of ether oxygens (including phenoxy) is 1. The van der Waals surface area contributed by atoms with E-state index in [1.165, 1.54) is 44.9 Å². The second-order valence-electron chi connectivity index (χ2n) is 7.17. The van der Waals surface area contributed by atoms with Gasteiger partial charge in [0.1, 0.15) is 0 Å². The standard InChI is InChI=1S/C21H33N5O/c22-18-25-21(26-20-11-14-23-15-12-20)24-13-7-2-1-3-8-16-27-17-19-9-5-4-6-10-19/h11-12,14-15,19H,1-10,13,16-17H2,(H2,23,24,25,26). The van der Waals surface area contributed by atoms with Crippen molar-refractivity contribution in [1.29, 1.82) is 5.26 Å². The fraction of sp³-hybridized carbons (Fsp3) is 0.667. The maximum atomic E-state index is 8.84. The molecule has 0 spiro atoms. The highest BCUT2D eigenvalue weighted by Gasteiger charge is 2.12. The van der Waals surface area contributed by atoms with Crippen LogP contribution in [0.15, 0.2) is 29.5 Å². The van der Waals surface area contributed by atoms with Crippen molar-refractivity contribution in [2.24, 2.45) is 10.9 Å². The Morgan fingerprint density at radius 2 is 1.85 bits per heavy atom. The van der Waals surface area contributed by atoms with Gasteiger partial charge in [-0.2, -0.15) is 5.26 Å². The molecule has 1 fully saturated rings. The van der Waals surface area contributed by atoms with Crippen molar-refractivity contribution in [1.82, 2.24) is 10.3 Å². The summed E-state index contributed by atoms with van der Waals surface area (Å²) in [6, 6.07) is 3.68. The van der Waals surface area contributed by atoms with Crippen molar-refractivity contribution in [3.63, 3.8) is 0 Å². The number of aromatic nitrogens is 1. The molecule has 0 bridgehead atoms. The second-order valence-corrected chi connectivity index (χ2v) is 7.17. The first-order valence-corrected chi connectivity index (χ1v) is 10.3. The monoisotopic (exact) mass is 371 g/mol. The zero-order valence-corrected chi connectivity index (χ0v) is 16.3. The molecular formula is C21H33N5O. The molecule has 0 atom stereocenters. The normalized spacial score (nSPS) is 15.3. The molecule has 0 amide bonds. The molecule has 0 aromatic carbocycles. The van der Waals surface area contributed by atoms with E-state index in [1.807, 2.05) is 18.3 Å². The van der Waals surface area contributed by atoms with Crippen LogP contribution in [-0.4, -0.2) is 30.7 Å². The highest BCUT2D eigenvalue weighted by atomic mass is 16.5. The van der Waals surface area contributed by atoms with Crippen molar-refractivity contribution in [2.45, 2.75) is 64.2 Å². The molecule has 1 aliphatic carbocycles. The van der Waals surface area contributed by atoms with E-state index in [1.54, 1.807) is 12.4 Å². The first-order valence-electron chi connectivity index (χ1n) is 10.3. The number of pyridine rings is 1. The smallest absolute Gasteiger partial charge is 0.209 e. The van der Waals surface area contributed by atoms with Gasteiger partial charge < -0.3 is 10.1 Å². The molecule has 6 nitrogen and oxygen atoms in total. The van der Waals surface area contributed by atoms with Crippen LogP contribution in [0.1, 0.15) is 64.2 Å². The number of unbranched alkanes of at least 4 members (excludes halogenated alkanes) is 4. The molecule has 27 heavy (non-hydrogen) atoms. The van der Waals surface area contributed by atoms with E-state index in [9.17, 15) is 0 Å². The quantitative estimate of drug-likeness (QED) is 0.197. The number of aliphatic imine (C=N–C) groups is 1. The summed E-state index contributed by atoms with van der Waals surface area (Å²) in [6.45, 7) is 2.58. The van der Waals surface area contributed by atoms with E-state index in [0.29, 0.717) is 12.5 Å². The highest BCUT2D eigenvalue weighted by molar-refractivity contribution is 5.94. The van der Waals surface area contributed by atoms with Crippen LogP contribution < -0.4 is 10.6 Å². The van der Waals surface area contributed by atoms with E-state index in [2.05, 4.69) is 20.6 Å². The van der Waals surface area contributed by atoms with E-state index in [-0.39, 0.29) is 0 Å². The largest absolute Gasteiger partial charge is 0.381 e. The van der Waals surface area contributed by atoms with Crippen LogP contribution in [0.25, 0.3) is 0 Å². The van der Waals surface area contributed by atoms with Crippen molar-refractivity contribution in [2.75, 3.05) is 25.1 Å². The minimum absolute atomic E-state index is 0.486. The van der Waals surface area contributed by atoms with Crippen molar-refractivity contribution in [3.05, 3.63) is 24.5 Å². The molecule has 1 aromatic heterocycles. The van der Waals surface area contributed by atoms with Gasteiger partial charge in [0.05, 0.1) is 0 Å². The molecule has 1 aliphatic rings. The van der Waals surface area contributed by atoms with Gasteiger partial charge >= 0.3 is 0 Å². The number of hydrogen-bond donors (Lipinski definition) is 2. The molecule has 2 rings (SSSR count). The predicted molar refractivity (Wildman–Crippen MR) is 109 cm³/mol. The lowest BCUT2D eigenvalue weighted by Gasteiger charge is -2.21. The molecule has 2 N–H and O–H groups in total. The zero-order chi connectivity index (χ0) is 19.0. The minimum atomic E-state index is 0.486. The third-order valence-corrected chi connectivity index (χ3v) is 4.91. The molecule has 6 heteroatoms. The lowest BCUT2D eigenvalue weighted by Crippen LogP contribution is -2.27. The van der Waals surface area contributed by atoms with Crippen LogP contribution in [0.2, 0.25) is 0 Å². The summed E-state index contributed by atoms with van der Waals surface area (Å²) in [7, 11) is 0. The number of guanidine groups is 1. The summed E-state index contributed by atoms with van der Waals surface area (Å²) in [5.41, 5.74) is 0.861. The lowest BCUT2D eigenvalue weighted by molar-refractivity contribution is 0.0824. The molecule has 0 saturated heterocycles. The highest BCUT2D eigenvalue weighted by Crippen LogP contribution is 2.23. The third-order valence-electron chi connectivity index (χ3n) is 4.91. The summed E-state index contributed by atoms with van der Waals surface area (Å²) >= 11 is 0. The molecule has 0 aliphatic heterocycles. The van der Waals surface area contributed by atoms with Crippen LogP contribution in [-0.2, 0) is 4.74 Å². The predicted octanol–water partition coefficient (Wildman–Crippen LogP) is 4.47. The zero-order valence-electron chi connectivity index (χ0n) is 16.3. The number of anilines is 1. The summed E-state index contributed by atoms with van der Waals surface area (Å²) in [5, 5.41) is 14.5. The average molecular weight is 372 g/mol. The van der Waals surface area contributed by atoms with Crippen LogP contribution in [0.3, 0.4) is 0 Å². The van der Waals surface area contributed by atoms with Crippen LogP contribution in [0.5, 0.6) is 0 Å². The average Bonchev–Trinajstić information content (AvgIpc) is 2.71. The first-order chi connectivity index (χ1) is 13.4. The summed E-state index contributed by atoms with van der Waals surface area (Å²) in [4.78, 5) is 8.41. The number of nitrogens with one attached hydrogen (secondary N) is 2. The van der Waals surface area contributed by atoms with Gasteiger partial charge in [-0.15, -0.1) is 0 Å². The Balaban J connectivity index is 1.47. The number of nitriles is 1. The SMILES string of the molecule is N#CNC(=NCCCCCCCOCC1CCCCC1)Nc1ccncc1. The van der Waals surface area contributed by atoms with Gasteiger partial charge in [0, 0.05) is 37.8 Å². The van der Waals surface area contributed by atoms with Gasteiger partial charge in [0.25, 0.3) is 0 Å². The Labute approximate surface area is 163 Å². The minimum Gasteiger partial charge on any atom is -0.381 e. The lowest BCUT2D eigenvalue weighted by atomic mass is 9.90. The van der Waals surface area contributed by atoms with Gasteiger partial charge in [-0.3, -0.25) is 15.3 Å². The van der Waals surface area contributed by atoms with E-state index in [0.717, 1.165) is 44.1 Å². The van der Waals surface area contributed by atoms with Gasteiger partial charge in [-0.1, -0.05) is 38.5 Å². The Morgan fingerprint density at radius 3 is 2.63 bits per heavy atom. The molecule has 148 valence electrons. The van der Waals surface area contributed by atoms with Gasteiger partial charge in [-0.05, 0) is 43.7 Å². The molecule has 1 aromatic rings. The summed E-state index contributed by atoms with van der Waals surface area (Å²) in [6.07, 6.45) is 18.0. The second kappa shape index (κ2) is 14.0. The third kappa shape index (κ3) is 9.95. The molecule has 1 heterocycles. The van der Waals surface area contributed by atoms with Gasteiger partial charge in [-0.25, -0.2) is 0 Å². The van der Waals surface area contributed by atoms with E-state index >= 15 is 0 Å². The first kappa shape index (κ1) is 21.2. The fourth-order valence-corrected chi connectivity index (χ4v) is 3.38. The Hall–Kier alpha value is -2.13.